The summed E-state index contributed by atoms with van der Waals surface area (Å²) in [5, 5.41) is 10.6. The molecular weight excluding hydrogens is 424 g/mol. The van der Waals surface area contributed by atoms with Crippen molar-refractivity contribution in [1.29, 1.82) is 0 Å². The zero-order chi connectivity index (χ0) is 23.8. The lowest BCUT2D eigenvalue weighted by molar-refractivity contribution is -0.121. The first-order chi connectivity index (χ1) is 16.6. The molecule has 34 heavy (non-hydrogen) atoms. The molecular formula is C28H28N4O2. The standard InChI is InChI=1S/C28H28N4O2/c1-21-10-8-9-15-25(21)28(34)29-17-16-26(33)30-18-24-20-32(19-22-11-4-2-5-12-22)31-27(24)23-13-6-3-7-14-23/h2-15,20H,16-19H2,1H3,(H,29,34)(H,30,33). The van der Waals surface area contributed by atoms with Gasteiger partial charge in [-0.2, -0.15) is 5.10 Å². The maximum Gasteiger partial charge on any atom is 0.251 e. The van der Waals surface area contributed by atoms with Crippen molar-refractivity contribution in [2.24, 2.45) is 0 Å². The number of amides is 2. The Labute approximate surface area is 199 Å². The molecule has 0 atom stereocenters. The predicted octanol–water partition coefficient (Wildman–Crippen LogP) is 4.34. The molecule has 0 spiro atoms. The summed E-state index contributed by atoms with van der Waals surface area (Å²) < 4.78 is 1.90. The molecule has 2 N–H and O–H groups in total. The largest absolute Gasteiger partial charge is 0.352 e. The lowest BCUT2D eigenvalue weighted by Gasteiger charge is -2.08. The van der Waals surface area contributed by atoms with Crippen molar-refractivity contribution in [3.8, 4) is 11.3 Å². The lowest BCUT2D eigenvalue weighted by Crippen LogP contribution is -2.30. The normalized spacial score (nSPS) is 10.6. The molecule has 0 aliphatic heterocycles. The van der Waals surface area contributed by atoms with E-state index in [4.69, 9.17) is 5.10 Å². The third-order valence-corrected chi connectivity index (χ3v) is 5.58. The van der Waals surface area contributed by atoms with Gasteiger partial charge in [0.1, 0.15) is 0 Å². The Morgan fingerprint density at radius 1 is 0.853 bits per heavy atom. The highest BCUT2D eigenvalue weighted by atomic mass is 16.2. The summed E-state index contributed by atoms with van der Waals surface area (Å²) in [5.74, 6) is -0.292. The van der Waals surface area contributed by atoms with Gasteiger partial charge in [0.25, 0.3) is 5.91 Å². The van der Waals surface area contributed by atoms with Gasteiger partial charge in [0.15, 0.2) is 0 Å². The van der Waals surface area contributed by atoms with Crippen molar-refractivity contribution < 1.29 is 9.59 Å². The zero-order valence-corrected chi connectivity index (χ0v) is 19.2. The summed E-state index contributed by atoms with van der Waals surface area (Å²) in [4.78, 5) is 24.8. The fourth-order valence-electron chi connectivity index (χ4n) is 3.78. The molecule has 0 aliphatic rings. The molecule has 3 aromatic carbocycles. The smallest absolute Gasteiger partial charge is 0.251 e. The van der Waals surface area contributed by atoms with Gasteiger partial charge in [-0.15, -0.1) is 0 Å². The molecule has 0 fully saturated rings. The van der Waals surface area contributed by atoms with Crippen LogP contribution in [0.15, 0.2) is 91.1 Å². The van der Waals surface area contributed by atoms with E-state index in [1.54, 1.807) is 6.07 Å². The number of carbonyl (C=O) groups is 2. The van der Waals surface area contributed by atoms with Crippen LogP contribution in [0.5, 0.6) is 0 Å². The van der Waals surface area contributed by atoms with Crippen LogP contribution >= 0.6 is 0 Å². The maximum absolute atomic E-state index is 12.5. The van der Waals surface area contributed by atoms with Crippen LogP contribution in [0.3, 0.4) is 0 Å². The Kier molecular flexibility index (Phi) is 7.50. The van der Waals surface area contributed by atoms with Crippen molar-refractivity contribution in [3.63, 3.8) is 0 Å². The fourth-order valence-corrected chi connectivity index (χ4v) is 3.78. The van der Waals surface area contributed by atoms with E-state index in [1.165, 1.54) is 0 Å². The minimum atomic E-state index is -0.167. The van der Waals surface area contributed by atoms with E-state index in [1.807, 2.05) is 84.5 Å². The van der Waals surface area contributed by atoms with Crippen LogP contribution in [0.4, 0.5) is 0 Å². The summed E-state index contributed by atoms with van der Waals surface area (Å²) in [6, 6.07) is 27.5. The molecule has 0 saturated carbocycles. The van der Waals surface area contributed by atoms with E-state index in [0.29, 0.717) is 18.7 Å². The molecule has 0 aliphatic carbocycles. The third-order valence-electron chi connectivity index (χ3n) is 5.58. The first kappa shape index (κ1) is 23.0. The minimum absolute atomic E-state index is 0.125. The second-order valence-electron chi connectivity index (χ2n) is 8.15. The van der Waals surface area contributed by atoms with E-state index in [9.17, 15) is 9.59 Å². The Morgan fingerprint density at radius 2 is 1.53 bits per heavy atom. The molecule has 4 rings (SSSR count). The monoisotopic (exact) mass is 452 g/mol. The minimum Gasteiger partial charge on any atom is -0.352 e. The molecule has 0 saturated heterocycles. The molecule has 2 amide bonds. The van der Waals surface area contributed by atoms with Gasteiger partial charge >= 0.3 is 0 Å². The Hall–Kier alpha value is -4.19. The first-order valence-electron chi connectivity index (χ1n) is 11.4. The maximum atomic E-state index is 12.5. The predicted molar refractivity (Wildman–Crippen MR) is 133 cm³/mol. The van der Waals surface area contributed by atoms with E-state index < -0.39 is 0 Å². The van der Waals surface area contributed by atoms with Crippen LogP contribution in [0, 0.1) is 6.92 Å². The SMILES string of the molecule is Cc1ccccc1C(=O)NCCC(=O)NCc1cn(Cc2ccccc2)nc1-c1ccccc1. The number of carbonyl (C=O) groups excluding carboxylic acids is 2. The fraction of sp³-hybridized carbons (Fsp3) is 0.179. The van der Waals surface area contributed by atoms with Crippen LogP contribution in [-0.2, 0) is 17.9 Å². The molecule has 0 unspecified atom stereocenters. The summed E-state index contributed by atoms with van der Waals surface area (Å²) in [7, 11) is 0. The number of hydrogen-bond donors (Lipinski definition) is 2. The van der Waals surface area contributed by atoms with Gasteiger partial charge in [-0.25, -0.2) is 0 Å². The van der Waals surface area contributed by atoms with Crippen LogP contribution in [0.25, 0.3) is 11.3 Å². The van der Waals surface area contributed by atoms with Crippen molar-refractivity contribution in [1.82, 2.24) is 20.4 Å². The molecule has 172 valence electrons. The lowest BCUT2D eigenvalue weighted by atomic mass is 10.1. The summed E-state index contributed by atoms with van der Waals surface area (Å²) in [6.45, 7) is 3.19. The van der Waals surface area contributed by atoms with Crippen molar-refractivity contribution in [2.45, 2.75) is 26.4 Å². The summed E-state index contributed by atoms with van der Waals surface area (Å²) >= 11 is 0. The molecule has 0 bridgehead atoms. The zero-order valence-electron chi connectivity index (χ0n) is 19.2. The topological polar surface area (TPSA) is 76.0 Å². The second-order valence-corrected chi connectivity index (χ2v) is 8.15. The molecule has 4 aromatic rings. The average Bonchev–Trinajstić information content (AvgIpc) is 3.26. The van der Waals surface area contributed by atoms with E-state index in [0.717, 1.165) is 27.9 Å². The van der Waals surface area contributed by atoms with Gasteiger partial charge in [0, 0.05) is 42.4 Å². The number of hydrogen-bond acceptors (Lipinski definition) is 3. The number of aromatic nitrogens is 2. The van der Waals surface area contributed by atoms with Crippen LogP contribution in [0.1, 0.15) is 33.5 Å². The number of benzene rings is 3. The van der Waals surface area contributed by atoms with E-state index in [-0.39, 0.29) is 24.8 Å². The first-order valence-corrected chi connectivity index (χ1v) is 11.4. The number of aryl methyl sites for hydroxylation is 1. The van der Waals surface area contributed by atoms with E-state index >= 15 is 0 Å². The Morgan fingerprint density at radius 3 is 2.26 bits per heavy atom. The van der Waals surface area contributed by atoms with Gasteiger partial charge in [0.2, 0.25) is 5.91 Å². The second kappa shape index (κ2) is 11.1. The Balaban J connectivity index is 1.37. The molecule has 6 nitrogen and oxygen atoms in total. The third kappa shape index (κ3) is 5.98. The van der Waals surface area contributed by atoms with Gasteiger partial charge < -0.3 is 10.6 Å². The van der Waals surface area contributed by atoms with Crippen molar-refractivity contribution in [2.75, 3.05) is 6.54 Å². The highest BCUT2D eigenvalue weighted by Crippen LogP contribution is 2.22. The van der Waals surface area contributed by atoms with Gasteiger partial charge in [-0.05, 0) is 24.1 Å². The number of nitrogens with zero attached hydrogens (tertiary/aromatic N) is 2. The van der Waals surface area contributed by atoms with Crippen molar-refractivity contribution >= 4 is 11.8 Å². The number of rotatable bonds is 9. The van der Waals surface area contributed by atoms with Gasteiger partial charge in [-0.1, -0.05) is 78.9 Å². The highest BCUT2D eigenvalue weighted by molar-refractivity contribution is 5.95. The summed E-state index contributed by atoms with van der Waals surface area (Å²) in [5.41, 5.74) is 5.49. The van der Waals surface area contributed by atoms with Crippen LogP contribution < -0.4 is 10.6 Å². The molecule has 0 radical (unpaired) electrons. The molecule has 6 heteroatoms. The van der Waals surface area contributed by atoms with Crippen molar-refractivity contribution in [3.05, 3.63) is 113 Å². The van der Waals surface area contributed by atoms with Crippen LogP contribution in [-0.4, -0.2) is 28.1 Å². The Bertz CT molecular complexity index is 1250. The number of nitrogens with one attached hydrogen (secondary N) is 2. The molecule has 1 aromatic heterocycles. The highest BCUT2D eigenvalue weighted by Gasteiger charge is 2.13. The molecule has 1 heterocycles. The van der Waals surface area contributed by atoms with Gasteiger partial charge in [0.05, 0.1) is 12.2 Å². The average molecular weight is 453 g/mol. The summed E-state index contributed by atoms with van der Waals surface area (Å²) in [6.07, 6.45) is 2.19. The van der Waals surface area contributed by atoms with Gasteiger partial charge in [-0.3, -0.25) is 14.3 Å². The quantitative estimate of drug-likeness (QED) is 0.397. The van der Waals surface area contributed by atoms with Crippen LogP contribution in [0.2, 0.25) is 0 Å². The van der Waals surface area contributed by atoms with E-state index in [2.05, 4.69) is 22.8 Å².